The third kappa shape index (κ3) is 3.32. The number of nitrogens with one attached hydrogen (secondary N) is 1. The van der Waals surface area contributed by atoms with Gasteiger partial charge in [0.05, 0.1) is 23.5 Å². The van der Waals surface area contributed by atoms with Crippen molar-refractivity contribution in [1.82, 2.24) is 9.78 Å². The smallest absolute Gasteiger partial charge is 0.249 e. The predicted octanol–water partition coefficient (Wildman–Crippen LogP) is 3.51. The molecule has 7 heteroatoms. The lowest BCUT2D eigenvalue weighted by Crippen LogP contribution is -2.24. The summed E-state index contributed by atoms with van der Waals surface area (Å²) in [6.45, 7) is 1.76. The molecule has 0 fully saturated rings. The van der Waals surface area contributed by atoms with Crippen LogP contribution in [0, 0.1) is 0 Å². The second-order valence-electron chi connectivity index (χ2n) is 4.15. The van der Waals surface area contributed by atoms with Crippen molar-refractivity contribution in [2.45, 2.75) is 13.0 Å². The third-order valence-electron chi connectivity index (χ3n) is 2.77. The highest BCUT2D eigenvalue weighted by atomic mass is 79.9. The number of amides is 1. The van der Waals surface area contributed by atoms with Gasteiger partial charge < -0.3 is 10.1 Å². The fourth-order valence-electron chi connectivity index (χ4n) is 1.66. The van der Waals surface area contributed by atoms with E-state index in [1.165, 1.54) is 7.11 Å². The molecule has 1 aromatic heterocycles. The van der Waals surface area contributed by atoms with Gasteiger partial charge in [0.15, 0.2) is 0 Å². The molecule has 0 aliphatic rings. The van der Waals surface area contributed by atoms with Gasteiger partial charge in [0, 0.05) is 11.2 Å². The summed E-state index contributed by atoms with van der Waals surface area (Å²) in [5.74, 6) is 0.345. The molecule has 20 heavy (non-hydrogen) atoms. The van der Waals surface area contributed by atoms with Gasteiger partial charge in [-0.2, -0.15) is 5.10 Å². The maximum atomic E-state index is 12.2. The fourth-order valence-corrected chi connectivity index (χ4v) is 2.14. The van der Waals surface area contributed by atoms with E-state index in [1.54, 1.807) is 42.2 Å². The van der Waals surface area contributed by atoms with Crippen LogP contribution in [0.5, 0.6) is 5.75 Å². The molecule has 1 aromatic carbocycles. The van der Waals surface area contributed by atoms with Crippen molar-refractivity contribution in [3.63, 3.8) is 0 Å². The third-order valence-corrected chi connectivity index (χ3v) is 3.41. The molecule has 1 N–H and O–H groups in total. The van der Waals surface area contributed by atoms with E-state index in [1.807, 2.05) is 0 Å². The van der Waals surface area contributed by atoms with E-state index in [-0.39, 0.29) is 5.91 Å². The van der Waals surface area contributed by atoms with Crippen LogP contribution in [0.1, 0.15) is 13.0 Å². The maximum Gasteiger partial charge on any atom is 0.249 e. The van der Waals surface area contributed by atoms with Crippen molar-refractivity contribution in [2.75, 3.05) is 12.4 Å². The number of aromatic nitrogens is 2. The first kappa shape index (κ1) is 14.9. The highest BCUT2D eigenvalue weighted by Gasteiger charge is 2.17. The number of methoxy groups -OCH3 is 1. The van der Waals surface area contributed by atoms with Crippen molar-refractivity contribution in [2.24, 2.45) is 0 Å². The highest BCUT2D eigenvalue weighted by molar-refractivity contribution is 9.10. The largest absolute Gasteiger partial charge is 0.495 e. The summed E-state index contributed by atoms with van der Waals surface area (Å²) in [4.78, 5) is 12.2. The normalized spacial score (nSPS) is 12.0. The van der Waals surface area contributed by atoms with E-state index in [0.29, 0.717) is 16.5 Å². The number of halogens is 2. The minimum absolute atomic E-state index is 0.207. The number of anilines is 1. The van der Waals surface area contributed by atoms with Gasteiger partial charge in [-0.15, -0.1) is 0 Å². The molecule has 0 aliphatic carbocycles. The number of benzene rings is 1. The Bertz CT molecular complexity index is 630. The molecule has 1 atom stereocenters. The van der Waals surface area contributed by atoms with Crippen LogP contribution in [0.15, 0.2) is 35.1 Å². The van der Waals surface area contributed by atoms with Gasteiger partial charge in [0.25, 0.3) is 0 Å². The van der Waals surface area contributed by atoms with Crippen LogP contribution in [0.2, 0.25) is 5.02 Å². The summed E-state index contributed by atoms with van der Waals surface area (Å²) in [5, 5.41) is 7.40. The van der Waals surface area contributed by atoms with E-state index < -0.39 is 6.04 Å². The lowest BCUT2D eigenvalue weighted by molar-refractivity contribution is -0.119. The Balaban J connectivity index is 2.17. The quantitative estimate of drug-likeness (QED) is 0.910. The summed E-state index contributed by atoms with van der Waals surface area (Å²) < 4.78 is 7.57. The first-order chi connectivity index (χ1) is 9.51. The molecular weight excluding hydrogens is 346 g/mol. The van der Waals surface area contributed by atoms with Crippen molar-refractivity contribution in [1.29, 1.82) is 0 Å². The Hall–Kier alpha value is -1.53. The molecule has 0 saturated carbocycles. The van der Waals surface area contributed by atoms with Crippen molar-refractivity contribution in [3.8, 4) is 5.75 Å². The number of nitrogens with zero attached hydrogens (tertiary/aromatic N) is 2. The minimum atomic E-state index is -0.454. The molecule has 0 radical (unpaired) electrons. The predicted molar refractivity (Wildman–Crippen MR) is 81.3 cm³/mol. The molecule has 0 spiro atoms. The molecule has 2 aromatic rings. The second kappa shape index (κ2) is 6.28. The van der Waals surface area contributed by atoms with Crippen molar-refractivity contribution < 1.29 is 9.53 Å². The number of carbonyl (C=O) groups excluding carboxylic acids is 1. The van der Waals surface area contributed by atoms with Crippen LogP contribution in [-0.4, -0.2) is 22.8 Å². The fraction of sp³-hybridized carbons (Fsp3) is 0.231. The summed E-state index contributed by atoms with van der Waals surface area (Å²) >= 11 is 9.22. The molecule has 106 valence electrons. The van der Waals surface area contributed by atoms with Crippen molar-refractivity contribution in [3.05, 3.63) is 40.1 Å². The average Bonchev–Trinajstić information content (AvgIpc) is 2.84. The SMILES string of the molecule is COc1ccc(Cl)cc1NC(=O)C(C)n1cc(Br)cn1. The van der Waals surface area contributed by atoms with Crippen molar-refractivity contribution >= 4 is 39.1 Å². The lowest BCUT2D eigenvalue weighted by Gasteiger charge is -2.15. The summed E-state index contributed by atoms with van der Waals surface area (Å²) in [6.07, 6.45) is 3.36. The number of hydrogen-bond acceptors (Lipinski definition) is 3. The lowest BCUT2D eigenvalue weighted by atomic mass is 10.2. The molecule has 1 amide bonds. The van der Waals surface area contributed by atoms with Crippen LogP contribution < -0.4 is 10.1 Å². The monoisotopic (exact) mass is 357 g/mol. The van der Waals surface area contributed by atoms with Gasteiger partial charge in [-0.25, -0.2) is 0 Å². The Morgan fingerprint density at radius 3 is 2.90 bits per heavy atom. The summed E-state index contributed by atoms with van der Waals surface area (Å²) in [5.41, 5.74) is 0.531. The Labute approximate surface area is 130 Å². The molecule has 0 aliphatic heterocycles. The van der Waals surface area contributed by atoms with Crippen LogP contribution in [0.4, 0.5) is 5.69 Å². The maximum absolute atomic E-state index is 12.2. The molecule has 1 unspecified atom stereocenters. The second-order valence-corrected chi connectivity index (χ2v) is 5.50. The molecule has 0 saturated heterocycles. The van der Waals surface area contributed by atoms with E-state index in [0.717, 1.165) is 4.47 Å². The Morgan fingerprint density at radius 2 is 2.30 bits per heavy atom. The number of rotatable bonds is 4. The van der Waals surface area contributed by atoms with Gasteiger partial charge in [-0.3, -0.25) is 9.48 Å². The standard InChI is InChI=1S/C13H13BrClN3O2/c1-8(18-7-9(14)6-16-18)13(19)17-11-5-10(15)3-4-12(11)20-2/h3-8H,1-2H3,(H,17,19). The molecular formula is C13H13BrClN3O2. The van der Waals surface area contributed by atoms with Crippen LogP contribution in [0.3, 0.4) is 0 Å². The van der Waals surface area contributed by atoms with Crippen LogP contribution >= 0.6 is 27.5 Å². The summed E-state index contributed by atoms with van der Waals surface area (Å²) in [7, 11) is 1.53. The molecule has 0 bridgehead atoms. The number of carbonyl (C=O) groups is 1. The minimum Gasteiger partial charge on any atom is -0.495 e. The first-order valence-electron chi connectivity index (χ1n) is 5.85. The summed E-state index contributed by atoms with van der Waals surface area (Å²) in [6, 6.07) is 4.59. The zero-order valence-electron chi connectivity index (χ0n) is 10.9. The zero-order valence-corrected chi connectivity index (χ0v) is 13.3. The van der Waals surface area contributed by atoms with Gasteiger partial charge in [0.2, 0.25) is 5.91 Å². The zero-order chi connectivity index (χ0) is 14.7. The van der Waals surface area contributed by atoms with Gasteiger partial charge in [0.1, 0.15) is 11.8 Å². The number of hydrogen-bond donors (Lipinski definition) is 1. The number of ether oxygens (including phenoxy) is 1. The topological polar surface area (TPSA) is 56.1 Å². The van der Waals surface area contributed by atoms with Crippen LogP contribution in [-0.2, 0) is 4.79 Å². The van der Waals surface area contributed by atoms with E-state index in [9.17, 15) is 4.79 Å². The molecule has 5 nitrogen and oxygen atoms in total. The van der Waals surface area contributed by atoms with E-state index >= 15 is 0 Å². The van der Waals surface area contributed by atoms with Gasteiger partial charge >= 0.3 is 0 Å². The first-order valence-corrected chi connectivity index (χ1v) is 7.02. The Kier molecular flexibility index (Phi) is 4.67. The average molecular weight is 359 g/mol. The van der Waals surface area contributed by atoms with E-state index in [4.69, 9.17) is 16.3 Å². The van der Waals surface area contributed by atoms with Crippen LogP contribution in [0.25, 0.3) is 0 Å². The highest BCUT2D eigenvalue weighted by Crippen LogP contribution is 2.28. The Morgan fingerprint density at radius 1 is 1.55 bits per heavy atom. The van der Waals surface area contributed by atoms with Gasteiger partial charge in [-0.05, 0) is 41.1 Å². The van der Waals surface area contributed by atoms with Gasteiger partial charge in [-0.1, -0.05) is 11.6 Å². The molecule has 1 heterocycles. The molecule has 2 rings (SSSR count). The van der Waals surface area contributed by atoms with E-state index in [2.05, 4.69) is 26.3 Å².